The second-order valence-electron chi connectivity index (χ2n) is 7.11. The quantitative estimate of drug-likeness (QED) is 0.616. The Bertz CT molecular complexity index is 1270. The van der Waals surface area contributed by atoms with Crippen LogP contribution in [-0.4, -0.2) is 22.9 Å². The van der Waals surface area contributed by atoms with Crippen molar-refractivity contribution in [3.05, 3.63) is 73.7 Å². The lowest BCUT2D eigenvalue weighted by Gasteiger charge is -2.44. The minimum absolute atomic E-state index is 0.201. The molecule has 0 spiro atoms. The summed E-state index contributed by atoms with van der Waals surface area (Å²) in [7, 11) is 0. The third-order valence-electron chi connectivity index (χ3n) is 5.26. The number of furan rings is 1. The molecule has 0 unspecified atom stereocenters. The molecule has 0 saturated heterocycles. The average Bonchev–Trinajstić information content (AvgIpc) is 3.29. The first kappa shape index (κ1) is 17.9. The predicted molar refractivity (Wildman–Crippen MR) is 105 cm³/mol. The van der Waals surface area contributed by atoms with Gasteiger partial charge in [0.05, 0.1) is 29.7 Å². The Balaban J connectivity index is 1.80. The normalized spacial score (nSPS) is 24.8. The first-order chi connectivity index (χ1) is 14.0. The van der Waals surface area contributed by atoms with Gasteiger partial charge in [0.15, 0.2) is 4.80 Å². The van der Waals surface area contributed by atoms with Crippen LogP contribution in [0.3, 0.4) is 0 Å². The smallest absolute Gasteiger partial charge is 0.317 e. The summed E-state index contributed by atoms with van der Waals surface area (Å²) in [6.07, 6.45) is 4.88. The number of benzene rings is 1. The van der Waals surface area contributed by atoms with E-state index in [1.54, 1.807) is 43.1 Å². The third kappa shape index (κ3) is 2.66. The van der Waals surface area contributed by atoms with E-state index in [1.165, 1.54) is 11.3 Å². The van der Waals surface area contributed by atoms with Gasteiger partial charge in [-0.2, -0.15) is 0 Å². The number of hydrogen-bond donors (Lipinski definition) is 0. The summed E-state index contributed by atoms with van der Waals surface area (Å²) in [6, 6.07) is 8.67. The molecule has 2 aliphatic heterocycles. The molecule has 2 aliphatic rings. The Morgan fingerprint density at radius 2 is 2.21 bits per heavy atom. The van der Waals surface area contributed by atoms with Gasteiger partial charge in [0, 0.05) is 11.1 Å². The van der Waals surface area contributed by atoms with Gasteiger partial charge >= 0.3 is 5.97 Å². The zero-order valence-electron chi connectivity index (χ0n) is 15.8. The lowest BCUT2D eigenvalue weighted by Crippen LogP contribution is -2.58. The molecule has 7 nitrogen and oxygen atoms in total. The van der Waals surface area contributed by atoms with Crippen molar-refractivity contribution in [2.75, 3.05) is 6.61 Å². The molecule has 8 heteroatoms. The van der Waals surface area contributed by atoms with E-state index in [9.17, 15) is 9.59 Å². The van der Waals surface area contributed by atoms with Crippen LogP contribution < -0.4 is 19.6 Å². The molecule has 2 aromatic heterocycles. The highest BCUT2D eigenvalue weighted by Gasteiger charge is 2.55. The van der Waals surface area contributed by atoms with Gasteiger partial charge in [-0.3, -0.25) is 14.2 Å². The van der Waals surface area contributed by atoms with Crippen molar-refractivity contribution in [2.24, 2.45) is 10.9 Å². The average molecular weight is 410 g/mol. The van der Waals surface area contributed by atoms with Crippen LogP contribution >= 0.6 is 11.3 Å². The van der Waals surface area contributed by atoms with E-state index in [0.29, 0.717) is 15.1 Å². The molecular formula is C21H18N2O5S. The molecule has 3 atom stereocenters. The van der Waals surface area contributed by atoms with E-state index in [0.717, 1.165) is 11.1 Å². The number of para-hydroxylation sites is 1. The van der Waals surface area contributed by atoms with Crippen molar-refractivity contribution in [3.8, 4) is 5.75 Å². The van der Waals surface area contributed by atoms with Gasteiger partial charge < -0.3 is 13.9 Å². The molecule has 0 amide bonds. The molecule has 0 aliphatic carbocycles. The lowest BCUT2D eigenvalue weighted by molar-refractivity contribution is -0.160. The van der Waals surface area contributed by atoms with Gasteiger partial charge in [-0.05, 0) is 32.1 Å². The molecule has 1 aromatic carbocycles. The number of ether oxygens (including phenoxy) is 2. The van der Waals surface area contributed by atoms with Crippen LogP contribution in [0.15, 0.2) is 57.1 Å². The Labute approximate surface area is 169 Å². The number of fused-ring (bicyclic) bond motifs is 6. The van der Waals surface area contributed by atoms with Gasteiger partial charge in [0.1, 0.15) is 11.7 Å². The first-order valence-electron chi connectivity index (χ1n) is 9.31. The zero-order valence-corrected chi connectivity index (χ0v) is 16.6. The van der Waals surface area contributed by atoms with E-state index in [1.807, 2.05) is 24.3 Å². The van der Waals surface area contributed by atoms with Gasteiger partial charge in [-0.15, -0.1) is 0 Å². The van der Waals surface area contributed by atoms with Crippen LogP contribution in [0.4, 0.5) is 0 Å². The summed E-state index contributed by atoms with van der Waals surface area (Å²) in [5.74, 6) is -0.574. The van der Waals surface area contributed by atoms with Crippen LogP contribution in [-0.2, 0) is 9.53 Å². The second kappa shape index (κ2) is 6.45. The minimum atomic E-state index is -1.16. The largest absolute Gasteiger partial charge is 0.472 e. The summed E-state index contributed by atoms with van der Waals surface area (Å²) in [5.41, 5.74) is 0.200. The van der Waals surface area contributed by atoms with Gasteiger partial charge in [-0.25, -0.2) is 4.99 Å². The topological polar surface area (TPSA) is 83.0 Å². The van der Waals surface area contributed by atoms with E-state index in [4.69, 9.17) is 18.9 Å². The molecule has 4 heterocycles. The highest BCUT2D eigenvalue weighted by atomic mass is 32.1. The standard InChI is InChI=1S/C21H18N2O5S/c1-3-27-19(25)16-17-13-6-4-5-7-14(13)28-21(16,2)22-20-23(17)18(24)15(29-20)10-12-8-9-26-11-12/h4-11,16-17H,3H2,1-2H3/t16-,17+,21+/m0/s1. The molecule has 2 bridgehead atoms. The zero-order chi connectivity index (χ0) is 20.2. The number of carbonyl (C=O) groups is 1. The molecule has 3 aromatic rings. The fraction of sp³-hybridized carbons (Fsp3) is 0.286. The van der Waals surface area contributed by atoms with E-state index < -0.39 is 23.7 Å². The fourth-order valence-electron chi connectivity index (χ4n) is 4.04. The van der Waals surface area contributed by atoms with Gasteiger partial charge in [-0.1, -0.05) is 29.5 Å². The number of hydrogen-bond acceptors (Lipinski definition) is 7. The minimum Gasteiger partial charge on any atom is -0.472 e. The highest BCUT2D eigenvalue weighted by Crippen LogP contribution is 2.47. The Morgan fingerprint density at radius 1 is 1.38 bits per heavy atom. The molecule has 0 fully saturated rings. The van der Waals surface area contributed by atoms with Crippen molar-refractivity contribution >= 4 is 23.4 Å². The highest BCUT2D eigenvalue weighted by molar-refractivity contribution is 7.07. The molecule has 29 heavy (non-hydrogen) atoms. The number of rotatable bonds is 3. The summed E-state index contributed by atoms with van der Waals surface area (Å²) in [6.45, 7) is 3.76. The van der Waals surface area contributed by atoms with Gasteiger partial charge in [0.2, 0.25) is 5.72 Å². The maximum Gasteiger partial charge on any atom is 0.317 e. The van der Waals surface area contributed by atoms with Crippen LogP contribution in [0.5, 0.6) is 5.75 Å². The predicted octanol–water partition coefficient (Wildman–Crippen LogP) is 1.84. The molecule has 5 rings (SSSR count). The lowest BCUT2D eigenvalue weighted by atomic mass is 9.81. The van der Waals surface area contributed by atoms with Crippen LogP contribution in [0.2, 0.25) is 0 Å². The number of carbonyl (C=O) groups excluding carboxylic acids is 1. The summed E-state index contributed by atoms with van der Waals surface area (Å²) >= 11 is 1.27. The maximum atomic E-state index is 13.3. The second-order valence-corrected chi connectivity index (χ2v) is 8.12. The van der Waals surface area contributed by atoms with E-state index in [2.05, 4.69) is 0 Å². The van der Waals surface area contributed by atoms with Crippen molar-refractivity contribution in [1.29, 1.82) is 0 Å². The first-order valence-corrected chi connectivity index (χ1v) is 10.1. The molecule has 148 valence electrons. The molecule has 0 N–H and O–H groups in total. The fourth-order valence-corrected chi connectivity index (χ4v) is 5.14. The summed E-state index contributed by atoms with van der Waals surface area (Å²) in [5, 5.41) is 0. The number of nitrogens with zero attached hydrogens (tertiary/aromatic N) is 2. The summed E-state index contributed by atoms with van der Waals surface area (Å²) < 4.78 is 18.7. The molecule has 0 saturated carbocycles. The van der Waals surface area contributed by atoms with Crippen LogP contribution in [0.25, 0.3) is 6.08 Å². The number of aromatic nitrogens is 1. The Morgan fingerprint density at radius 3 is 2.97 bits per heavy atom. The maximum absolute atomic E-state index is 13.3. The SMILES string of the molecule is CCOC(=O)[C@@H]1[C@H]2c3ccccc3O[C@@]1(C)N=c1sc(=Cc3ccoc3)c(=O)n12. The van der Waals surface area contributed by atoms with Crippen molar-refractivity contribution in [2.45, 2.75) is 25.6 Å². The van der Waals surface area contributed by atoms with Crippen LogP contribution in [0, 0.1) is 5.92 Å². The third-order valence-corrected chi connectivity index (χ3v) is 6.24. The number of thiazole rings is 1. The molecular weight excluding hydrogens is 392 g/mol. The Hall–Kier alpha value is -3.13. The molecule has 0 radical (unpaired) electrons. The van der Waals surface area contributed by atoms with E-state index in [-0.39, 0.29) is 12.2 Å². The van der Waals surface area contributed by atoms with E-state index >= 15 is 0 Å². The van der Waals surface area contributed by atoms with Crippen molar-refractivity contribution in [3.63, 3.8) is 0 Å². The Kier molecular flexibility index (Phi) is 3.99. The summed E-state index contributed by atoms with van der Waals surface area (Å²) in [4.78, 5) is 31.5. The van der Waals surface area contributed by atoms with Crippen molar-refractivity contribution < 1.29 is 18.7 Å². The number of esters is 1. The van der Waals surface area contributed by atoms with Crippen LogP contribution in [0.1, 0.15) is 31.0 Å². The van der Waals surface area contributed by atoms with Crippen molar-refractivity contribution in [1.82, 2.24) is 4.57 Å². The monoisotopic (exact) mass is 410 g/mol. The van der Waals surface area contributed by atoms with Gasteiger partial charge in [0.25, 0.3) is 5.56 Å².